The van der Waals surface area contributed by atoms with Crippen molar-refractivity contribution >= 4 is 68.2 Å². The lowest BCUT2D eigenvalue weighted by atomic mass is 10.0. The maximum Gasteiger partial charge on any atom is 0.272 e. The molecule has 1 heterocycles. The highest BCUT2D eigenvalue weighted by Gasteiger charge is 2.14. The van der Waals surface area contributed by atoms with E-state index in [1.165, 1.54) is 0 Å². The number of halogens is 2. The number of amides is 1. The maximum absolute atomic E-state index is 13.0. The van der Waals surface area contributed by atoms with Gasteiger partial charge in [-0.05, 0) is 75.0 Å². The Morgan fingerprint density at radius 3 is 2.48 bits per heavy atom. The molecular formula is C26H17I2N3O2. The number of hydrogen-bond acceptors (Lipinski definition) is 4. The van der Waals surface area contributed by atoms with Gasteiger partial charge in [0.1, 0.15) is 12.4 Å². The van der Waals surface area contributed by atoms with E-state index in [9.17, 15) is 4.79 Å². The van der Waals surface area contributed by atoms with Crippen LogP contribution >= 0.6 is 45.2 Å². The van der Waals surface area contributed by atoms with Crippen molar-refractivity contribution in [3.8, 4) is 29.4 Å². The molecule has 4 rings (SSSR count). The normalized spacial score (nSPS) is 10.8. The standard InChI is InChI=1S/C26H17I2N3O2/c1-2-12-33-25-21(27)13-17(14-22(25)28)16-29-31-26(32)20-15-24(18-8-4-3-5-9-18)30-23-11-7-6-10-19(20)23/h1,3-11,13-16H,12H2,(H,31,32)/b29-16+. The number of hydrogen-bond donors (Lipinski definition) is 1. The summed E-state index contributed by atoms with van der Waals surface area (Å²) in [6.45, 7) is 0.209. The van der Waals surface area contributed by atoms with Gasteiger partial charge in [-0.3, -0.25) is 4.79 Å². The number of nitrogens with zero attached hydrogens (tertiary/aromatic N) is 2. The van der Waals surface area contributed by atoms with Crippen molar-refractivity contribution in [2.24, 2.45) is 5.10 Å². The first kappa shape index (κ1) is 23.2. The van der Waals surface area contributed by atoms with E-state index in [2.05, 4.69) is 61.6 Å². The molecule has 0 fully saturated rings. The SMILES string of the molecule is C#CCOc1c(I)cc(/C=N/NC(=O)c2cc(-c3ccccc3)nc3ccccc23)cc1I. The molecule has 4 aromatic rings. The summed E-state index contributed by atoms with van der Waals surface area (Å²) in [6.07, 6.45) is 6.89. The number of fused-ring (bicyclic) bond motifs is 1. The van der Waals surface area contributed by atoms with E-state index in [1.54, 1.807) is 12.3 Å². The van der Waals surface area contributed by atoms with E-state index < -0.39 is 0 Å². The molecule has 7 heteroatoms. The summed E-state index contributed by atoms with van der Waals surface area (Å²) in [5.41, 5.74) is 6.42. The Hall–Kier alpha value is -2.97. The summed E-state index contributed by atoms with van der Waals surface area (Å²) in [4.78, 5) is 17.8. The van der Waals surface area contributed by atoms with Crippen molar-refractivity contribution in [2.45, 2.75) is 0 Å². The van der Waals surface area contributed by atoms with Gasteiger partial charge in [0.05, 0.1) is 30.1 Å². The second kappa shape index (κ2) is 10.8. The second-order valence-electron chi connectivity index (χ2n) is 6.94. The van der Waals surface area contributed by atoms with Crippen LogP contribution in [0.4, 0.5) is 0 Å². The van der Waals surface area contributed by atoms with E-state index in [0.29, 0.717) is 5.56 Å². The van der Waals surface area contributed by atoms with Gasteiger partial charge in [-0.1, -0.05) is 54.5 Å². The van der Waals surface area contributed by atoms with Crippen LogP contribution in [0.3, 0.4) is 0 Å². The van der Waals surface area contributed by atoms with E-state index in [-0.39, 0.29) is 12.5 Å². The van der Waals surface area contributed by atoms with E-state index in [1.807, 2.05) is 66.7 Å². The molecule has 1 N–H and O–H groups in total. The van der Waals surface area contributed by atoms with Crippen LogP contribution in [0.15, 0.2) is 77.9 Å². The molecule has 0 atom stereocenters. The number of aromatic nitrogens is 1. The van der Waals surface area contributed by atoms with Gasteiger partial charge in [0.2, 0.25) is 0 Å². The fraction of sp³-hybridized carbons (Fsp3) is 0.0385. The number of rotatable bonds is 6. The largest absolute Gasteiger partial charge is 0.479 e. The third kappa shape index (κ3) is 5.51. The lowest BCUT2D eigenvalue weighted by Crippen LogP contribution is -2.18. The Morgan fingerprint density at radius 2 is 1.76 bits per heavy atom. The van der Waals surface area contributed by atoms with Crippen LogP contribution in [0.25, 0.3) is 22.2 Å². The van der Waals surface area contributed by atoms with Crippen LogP contribution in [-0.2, 0) is 0 Å². The molecule has 1 aromatic heterocycles. The minimum absolute atomic E-state index is 0.209. The molecule has 0 radical (unpaired) electrons. The highest BCUT2D eigenvalue weighted by atomic mass is 127. The zero-order valence-corrected chi connectivity index (χ0v) is 21.6. The van der Waals surface area contributed by atoms with Crippen LogP contribution in [0.2, 0.25) is 0 Å². The number of ether oxygens (including phenoxy) is 1. The minimum atomic E-state index is -0.305. The Balaban J connectivity index is 1.60. The fourth-order valence-corrected chi connectivity index (χ4v) is 5.38. The van der Waals surface area contributed by atoms with Crippen molar-refractivity contribution < 1.29 is 9.53 Å². The van der Waals surface area contributed by atoms with E-state index in [4.69, 9.17) is 16.1 Å². The molecule has 0 aliphatic heterocycles. The topological polar surface area (TPSA) is 63.6 Å². The van der Waals surface area contributed by atoms with Crippen LogP contribution < -0.4 is 10.2 Å². The Morgan fingerprint density at radius 1 is 1.06 bits per heavy atom. The summed E-state index contributed by atoms with van der Waals surface area (Å²) < 4.78 is 7.41. The Kier molecular flexibility index (Phi) is 7.57. The molecule has 3 aromatic carbocycles. The van der Waals surface area contributed by atoms with Crippen molar-refractivity contribution in [1.82, 2.24) is 10.4 Å². The van der Waals surface area contributed by atoms with Gasteiger partial charge in [-0.25, -0.2) is 10.4 Å². The molecule has 1 amide bonds. The predicted molar refractivity (Wildman–Crippen MR) is 148 cm³/mol. The highest BCUT2D eigenvalue weighted by Crippen LogP contribution is 2.28. The molecule has 0 aliphatic rings. The molecule has 162 valence electrons. The van der Waals surface area contributed by atoms with Gasteiger partial charge in [0, 0.05) is 10.9 Å². The first-order valence-corrected chi connectivity index (χ1v) is 12.1. The molecule has 5 nitrogen and oxygen atoms in total. The zero-order valence-electron chi connectivity index (χ0n) is 17.3. The monoisotopic (exact) mass is 657 g/mol. The van der Waals surface area contributed by atoms with Gasteiger partial charge < -0.3 is 4.74 Å². The van der Waals surface area contributed by atoms with Gasteiger partial charge in [0.15, 0.2) is 0 Å². The van der Waals surface area contributed by atoms with Gasteiger partial charge in [0.25, 0.3) is 5.91 Å². The van der Waals surface area contributed by atoms with Crippen molar-refractivity contribution in [3.63, 3.8) is 0 Å². The van der Waals surface area contributed by atoms with E-state index >= 15 is 0 Å². The molecule has 0 aliphatic carbocycles. The third-order valence-electron chi connectivity index (χ3n) is 4.73. The molecule has 0 spiro atoms. The minimum Gasteiger partial charge on any atom is -0.479 e. The number of terminal acetylenes is 1. The summed E-state index contributed by atoms with van der Waals surface area (Å²) in [7, 11) is 0. The van der Waals surface area contributed by atoms with Gasteiger partial charge in [-0.15, -0.1) is 6.42 Å². The average Bonchev–Trinajstić information content (AvgIpc) is 2.83. The summed E-state index contributed by atoms with van der Waals surface area (Å²) in [5, 5.41) is 4.94. The fourth-order valence-electron chi connectivity index (χ4n) is 3.25. The molecule has 0 bridgehead atoms. The summed E-state index contributed by atoms with van der Waals surface area (Å²) >= 11 is 4.38. The number of para-hydroxylation sites is 1. The van der Waals surface area contributed by atoms with Gasteiger partial charge in [-0.2, -0.15) is 5.10 Å². The lowest BCUT2D eigenvalue weighted by Gasteiger charge is -2.10. The van der Waals surface area contributed by atoms with Crippen molar-refractivity contribution in [3.05, 3.63) is 91.1 Å². The predicted octanol–water partition coefficient (Wildman–Crippen LogP) is 5.89. The number of hydrazone groups is 1. The van der Waals surface area contributed by atoms with Crippen LogP contribution in [0.1, 0.15) is 15.9 Å². The summed E-state index contributed by atoms with van der Waals surface area (Å²) in [6, 6.07) is 23.0. The number of benzene rings is 3. The molecule has 0 saturated heterocycles. The first-order valence-electron chi connectivity index (χ1n) is 9.90. The number of carbonyl (C=O) groups excluding carboxylic acids is 1. The van der Waals surface area contributed by atoms with Crippen LogP contribution in [0.5, 0.6) is 5.75 Å². The quantitative estimate of drug-likeness (QED) is 0.122. The smallest absolute Gasteiger partial charge is 0.272 e. The van der Waals surface area contributed by atoms with Crippen LogP contribution in [0, 0.1) is 19.5 Å². The summed E-state index contributed by atoms with van der Waals surface area (Å²) in [5.74, 6) is 2.90. The number of carbonyl (C=O) groups is 1. The van der Waals surface area contributed by atoms with Crippen LogP contribution in [-0.4, -0.2) is 23.7 Å². The third-order valence-corrected chi connectivity index (χ3v) is 6.33. The van der Waals surface area contributed by atoms with Crippen molar-refractivity contribution in [1.29, 1.82) is 0 Å². The average molecular weight is 657 g/mol. The molecule has 33 heavy (non-hydrogen) atoms. The maximum atomic E-state index is 13.0. The number of nitrogens with one attached hydrogen (secondary N) is 1. The highest BCUT2D eigenvalue weighted by molar-refractivity contribution is 14.1. The zero-order chi connectivity index (χ0) is 23.2. The van der Waals surface area contributed by atoms with Gasteiger partial charge >= 0.3 is 0 Å². The molecular weight excluding hydrogens is 640 g/mol. The van der Waals surface area contributed by atoms with E-state index in [0.717, 1.165) is 40.6 Å². The Bertz CT molecular complexity index is 1370. The lowest BCUT2D eigenvalue weighted by molar-refractivity contribution is 0.0956. The number of pyridine rings is 1. The second-order valence-corrected chi connectivity index (χ2v) is 9.27. The Labute approximate surface area is 218 Å². The molecule has 0 saturated carbocycles. The van der Waals surface area contributed by atoms with Crippen molar-refractivity contribution in [2.75, 3.05) is 6.61 Å². The molecule has 0 unspecified atom stereocenters. The first-order chi connectivity index (χ1) is 16.1.